The quantitative estimate of drug-likeness (QED) is 0.590. The normalized spacial score (nSPS) is 10.5. The van der Waals surface area contributed by atoms with Crippen LogP contribution >= 0.6 is 27.7 Å². The van der Waals surface area contributed by atoms with Crippen molar-refractivity contribution in [1.82, 2.24) is 10.3 Å². The van der Waals surface area contributed by atoms with Crippen molar-refractivity contribution in [1.29, 1.82) is 0 Å². The molecule has 0 saturated carbocycles. The zero-order valence-electron chi connectivity index (χ0n) is 13.8. The first-order valence-electron chi connectivity index (χ1n) is 8.03. The van der Waals surface area contributed by atoms with Gasteiger partial charge >= 0.3 is 0 Å². The van der Waals surface area contributed by atoms with Crippen molar-refractivity contribution in [2.24, 2.45) is 0 Å². The SMILES string of the molecule is O=C(NCCc1ccccc1F)c1ccccc1Sc1ccc(Br)cn1. The molecule has 1 N–H and O–H groups in total. The fourth-order valence-electron chi connectivity index (χ4n) is 2.39. The highest BCUT2D eigenvalue weighted by atomic mass is 79.9. The Bertz CT molecular complexity index is 902. The van der Waals surface area contributed by atoms with Crippen LogP contribution in [0.15, 0.2) is 81.3 Å². The first kappa shape index (κ1) is 18.6. The van der Waals surface area contributed by atoms with Gasteiger partial charge in [0.1, 0.15) is 10.8 Å². The molecule has 0 spiro atoms. The highest BCUT2D eigenvalue weighted by Crippen LogP contribution is 2.29. The van der Waals surface area contributed by atoms with Gasteiger partial charge in [-0.2, -0.15) is 0 Å². The largest absolute Gasteiger partial charge is 0.352 e. The third kappa shape index (κ3) is 4.93. The molecule has 1 heterocycles. The summed E-state index contributed by atoms with van der Waals surface area (Å²) in [5, 5.41) is 3.67. The molecule has 0 atom stereocenters. The maximum atomic E-state index is 13.6. The van der Waals surface area contributed by atoms with Crippen LogP contribution in [0.2, 0.25) is 0 Å². The highest BCUT2D eigenvalue weighted by molar-refractivity contribution is 9.10. The van der Waals surface area contributed by atoms with Crippen LogP contribution in [0, 0.1) is 5.82 Å². The molecule has 0 aliphatic carbocycles. The van der Waals surface area contributed by atoms with Crippen LogP contribution < -0.4 is 5.32 Å². The van der Waals surface area contributed by atoms with E-state index >= 15 is 0 Å². The second-order valence-electron chi connectivity index (χ2n) is 5.51. The molecule has 0 radical (unpaired) electrons. The van der Waals surface area contributed by atoms with Gasteiger partial charge < -0.3 is 5.32 Å². The molecule has 0 unspecified atom stereocenters. The molecule has 1 aromatic heterocycles. The number of halogens is 2. The Morgan fingerprint density at radius 3 is 2.62 bits per heavy atom. The number of hydrogen-bond acceptors (Lipinski definition) is 3. The number of nitrogens with zero attached hydrogens (tertiary/aromatic N) is 1. The summed E-state index contributed by atoms with van der Waals surface area (Å²) < 4.78 is 14.5. The molecule has 3 aromatic rings. The summed E-state index contributed by atoms with van der Waals surface area (Å²) in [6.45, 7) is 0.370. The Kier molecular flexibility index (Phi) is 6.41. The van der Waals surface area contributed by atoms with Crippen molar-refractivity contribution >= 4 is 33.6 Å². The molecular weight excluding hydrogens is 415 g/mol. The van der Waals surface area contributed by atoms with Gasteiger partial charge in [0, 0.05) is 22.1 Å². The lowest BCUT2D eigenvalue weighted by Gasteiger charge is -2.10. The van der Waals surface area contributed by atoms with E-state index in [1.165, 1.54) is 17.8 Å². The number of carbonyl (C=O) groups excluding carboxylic acids is 1. The van der Waals surface area contributed by atoms with Crippen molar-refractivity contribution < 1.29 is 9.18 Å². The molecule has 0 aliphatic heterocycles. The van der Waals surface area contributed by atoms with Gasteiger partial charge in [0.2, 0.25) is 0 Å². The van der Waals surface area contributed by atoms with Crippen molar-refractivity contribution in [3.63, 3.8) is 0 Å². The van der Waals surface area contributed by atoms with Gasteiger partial charge in [-0.05, 0) is 58.2 Å². The van der Waals surface area contributed by atoms with Crippen LogP contribution in [0.3, 0.4) is 0 Å². The summed E-state index contributed by atoms with van der Waals surface area (Å²) in [5.74, 6) is -0.430. The van der Waals surface area contributed by atoms with Crippen LogP contribution in [0.25, 0.3) is 0 Å². The number of benzene rings is 2. The average Bonchev–Trinajstić information content (AvgIpc) is 2.65. The monoisotopic (exact) mass is 430 g/mol. The van der Waals surface area contributed by atoms with E-state index in [-0.39, 0.29) is 11.7 Å². The predicted molar refractivity (Wildman–Crippen MR) is 105 cm³/mol. The molecule has 0 aliphatic rings. The van der Waals surface area contributed by atoms with Crippen LogP contribution in [0.4, 0.5) is 4.39 Å². The fraction of sp³-hybridized carbons (Fsp3) is 0.100. The number of rotatable bonds is 6. The van der Waals surface area contributed by atoms with E-state index in [1.807, 2.05) is 30.3 Å². The van der Waals surface area contributed by atoms with Gasteiger partial charge in [-0.15, -0.1) is 0 Å². The number of pyridine rings is 1. The summed E-state index contributed by atoms with van der Waals surface area (Å²) in [4.78, 5) is 17.7. The summed E-state index contributed by atoms with van der Waals surface area (Å²) in [5.41, 5.74) is 1.17. The molecule has 2 aromatic carbocycles. The Hall–Kier alpha value is -2.18. The van der Waals surface area contributed by atoms with Crippen molar-refractivity contribution in [2.45, 2.75) is 16.3 Å². The molecule has 0 saturated heterocycles. The maximum absolute atomic E-state index is 13.6. The molecule has 0 fully saturated rings. The van der Waals surface area contributed by atoms with Gasteiger partial charge in [-0.25, -0.2) is 9.37 Å². The minimum atomic E-state index is -0.251. The lowest BCUT2D eigenvalue weighted by molar-refractivity contribution is 0.0951. The van der Waals surface area contributed by atoms with Crippen molar-refractivity contribution in [3.05, 3.63) is 88.3 Å². The molecule has 0 bridgehead atoms. The average molecular weight is 431 g/mol. The van der Waals surface area contributed by atoms with Crippen LogP contribution in [-0.2, 0) is 6.42 Å². The minimum Gasteiger partial charge on any atom is -0.352 e. The van der Waals surface area contributed by atoms with Crippen LogP contribution in [0.5, 0.6) is 0 Å². The summed E-state index contributed by atoms with van der Waals surface area (Å²) in [6.07, 6.45) is 2.17. The van der Waals surface area contributed by atoms with E-state index in [1.54, 1.807) is 30.5 Å². The fourth-order valence-corrected chi connectivity index (χ4v) is 3.50. The van der Waals surface area contributed by atoms with Gasteiger partial charge in [0.25, 0.3) is 5.91 Å². The first-order valence-corrected chi connectivity index (χ1v) is 9.64. The Labute approximate surface area is 164 Å². The van der Waals surface area contributed by atoms with E-state index in [2.05, 4.69) is 26.2 Å². The van der Waals surface area contributed by atoms with Gasteiger partial charge in [-0.3, -0.25) is 4.79 Å². The Morgan fingerprint density at radius 1 is 1.08 bits per heavy atom. The topological polar surface area (TPSA) is 42.0 Å². The molecule has 3 rings (SSSR count). The molecule has 132 valence electrons. The van der Waals surface area contributed by atoms with Crippen LogP contribution in [-0.4, -0.2) is 17.4 Å². The van der Waals surface area contributed by atoms with E-state index in [0.717, 1.165) is 14.4 Å². The molecule has 6 heteroatoms. The van der Waals surface area contributed by atoms with E-state index in [0.29, 0.717) is 24.1 Å². The second-order valence-corrected chi connectivity index (χ2v) is 7.49. The number of nitrogens with one attached hydrogen (secondary N) is 1. The van der Waals surface area contributed by atoms with Gasteiger partial charge in [-0.1, -0.05) is 42.1 Å². The number of carbonyl (C=O) groups is 1. The summed E-state index contributed by atoms with van der Waals surface area (Å²) >= 11 is 4.79. The Morgan fingerprint density at radius 2 is 1.85 bits per heavy atom. The zero-order chi connectivity index (χ0) is 18.4. The highest BCUT2D eigenvalue weighted by Gasteiger charge is 2.12. The molecule has 26 heavy (non-hydrogen) atoms. The smallest absolute Gasteiger partial charge is 0.252 e. The van der Waals surface area contributed by atoms with Crippen molar-refractivity contribution in [3.8, 4) is 0 Å². The number of hydrogen-bond donors (Lipinski definition) is 1. The predicted octanol–water partition coefficient (Wildman–Crippen LogP) is 5.11. The second kappa shape index (κ2) is 8.96. The summed E-state index contributed by atoms with van der Waals surface area (Å²) in [6, 6.07) is 17.8. The summed E-state index contributed by atoms with van der Waals surface area (Å²) in [7, 11) is 0. The lowest BCUT2D eigenvalue weighted by Crippen LogP contribution is -2.26. The lowest BCUT2D eigenvalue weighted by atomic mass is 10.1. The number of amides is 1. The van der Waals surface area contributed by atoms with Crippen LogP contribution in [0.1, 0.15) is 15.9 Å². The van der Waals surface area contributed by atoms with Crippen molar-refractivity contribution in [2.75, 3.05) is 6.54 Å². The standard InChI is InChI=1S/C20H16BrFN2OS/c21-15-9-10-19(24-13-15)26-18-8-4-2-6-16(18)20(25)23-12-11-14-5-1-3-7-17(14)22/h1-10,13H,11-12H2,(H,23,25). The molecule has 3 nitrogen and oxygen atoms in total. The van der Waals surface area contributed by atoms with Gasteiger partial charge in [0.15, 0.2) is 0 Å². The third-order valence-electron chi connectivity index (χ3n) is 3.68. The zero-order valence-corrected chi connectivity index (χ0v) is 16.2. The first-order chi connectivity index (χ1) is 12.6. The van der Waals surface area contributed by atoms with E-state index < -0.39 is 0 Å². The third-order valence-corrected chi connectivity index (χ3v) is 5.18. The maximum Gasteiger partial charge on any atom is 0.252 e. The van der Waals surface area contributed by atoms with Gasteiger partial charge in [0.05, 0.1) is 5.56 Å². The van der Waals surface area contributed by atoms with E-state index in [4.69, 9.17) is 0 Å². The Balaban J connectivity index is 1.65. The minimum absolute atomic E-state index is 0.179. The van der Waals surface area contributed by atoms with E-state index in [9.17, 15) is 9.18 Å². The molecule has 1 amide bonds. The molecular formula is C20H16BrFN2OS. The number of aromatic nitrogens is 1.